The molecule has 208 valence electrons. The molecule has 0 spiro atoms. The van der Waals surface area contributed by atoms with Gasteiger partial charge >= 0.3 is 0 Å². The minimum Gasteiger partial charge on any atom is -0.354 e. The number of benzene rings is 3. The van der Waals surface area contributed by atoms with Crippen molar-refractivity contribution in [3.8, 4) is 0 Å². The number of amides is 2. The van der Waals surface area contributed by atoms with Gasteiger partial charge < -0.3 is 10.2 Å². The number of likely N-dealkylation sites (N-methyl/N-ethyl adjacent to an activating group) is 1. The van der Waals surface area contributed by atoms with Crippen LogP contribution in [-0.4, -0.2) is 55.6 Å². The average molecular weight is 550 g/mol. The number of aryl methyl sites for hydroxylation is 2. The van der Waals surface area contributed by atoms with Crippen LogP contribution in [0.1, 0.15) is 36.1 Å². The van der Waals surface area contributed by atoms with E-state index in [4.69, 9.17) is 0 Å². The topological polar surface area (TPSA) is 86.8 Å². The standard InChI is InChI=1S/C31H39N3O4S/c1-23(2)20-32-31(36)29(19-26-12-7-6-8-13-26)34(21-27-14-10-9-11-25(27)4)30(35)22-33(5)39(37,38)28-17-15-24(3)16-18-28/h6-18,23,29H,19-22H2,1-5H3,(H,32,36)/t29-/m0/s1. The second kappa shape index (κ2) is 13.5. The highest BCUT2D eigenvalue weighted by Crippen LogP contribution is 2.20. The number of rotatable bonds is 12. The van der Waals surface area contributed by atoms with Crippen LogP contribution in [0, 0.1) is 19.8 Å². The first-order valence-corrected chi connectivity index (χ1v) is 14.6. The first kappa shape index (κ1) is 30.1. The van der Waals surface area contributed by atoms with Crippen LogP contribution in [0.5, 0.6) is 0 Å². The van der Waals surface area contributed by atoms with Crippen molar-refractivity contribution >= 4 is 21.8 Å². The Bertz CT molecular complexity index is 1360. The van der Waals surface area contributed by atoms with E-state index in [9.17, 15) is 18.0 Å². The van der Waals surface area contributed by atoms with Crippen molar-refractivity contribution < 1.29 is 18.0 Å². The summed E-state index contributed by atoms with van der Waals surface area (Å²) in [5, 5.41) is 2.99. The van der Waals surface area contributed by atoms with E-state index < -0.39 is 28.5 Å². The van der Waals surface area contributed by atoms with E-state index in [-0.39, 0.29) is 23.3 Å². The van der Waals surface area contributed by atoms with Crippen molar-refractivity contribution in [2.24, 2.45) is 5.92 Å². The second-order valence-electron chi connectivity index (χ2n) is 10.4. The van der Waals surface area contributed by atoms with E-state index in [0.29, 0.717) is 13.0 Å². The Labute approximate surface area is 232 Å². The average Bonchev–Trinajstić information content (AvgIpc) is 2.91. The molecule has 0 radical (unpaired) electrons. The van der Waals surface area contributed by atoms with Gasteiger partial charge in [-0.15, -0.1) is 0 Å². The maximum absolute atomic E-state index is 13.9. The van der Waals surface area contributed by atoms with E-state index in [0.717, 1.165) is 26.6 Å². The van der Waals surface area contributed by atoms with Gasteiger partial charge in [0.25, 0.3) is 0 Å². The fourth-order valence-electron chi connectivity index (χ4n) is 4.20. The summed E-state index contributed by atoms with van der Waals surface area (Å²) in [5.41, 5.74) is 3.72. The van der Waals surface area contributed by atoms with Gasteiger partial charge in [-0.1, -0.05) is 86.1 Å². The number of nitrogens with zero attached hydrogens (tertiary/aromatic N) is 2. The minimum absolute atomic E-state index is 0.115. The number of carbonyl (C=O) groups excluding carboxylic acids is 2. The van der Waals surface area contributed by atoms with Gasteiger partial charge in [-0.05, 0) is 48.6 Å². The highest BCUT2D eigenvalue weighted by molar-refractivity contribution is 7.89. The number of hydrogen-bond donors (Lipinski definition) is 1. The monoisotopic (exact) mass is 549 g/mol. The van der Waals surface area contributed by atoms with Crippen molar-refractivity contribution in [2.45, 2.75) is 51.6 Å². The quantitative estimate of drug-likeness (QED) is 0.364. The summed E-state index contributed by atoms with van der Waals surface area (Å²) in [6.45, 7) is 8.10. The summed E-state index contributed by atoms with van der Waals surface area (Å²) in [7, 11) is -2.51. The van der Waals surface area contributed by atoms with Crippen LogP contribution < -0.4 is 5.32 Å². The fourth-order valence-corrected chi connectivity index (χ4v) is 5.32. The Balaban J connectivity index is 1.97. The largest absolute Gasteiger partial charge is 0.354 e. The summed E-state index contributed by atoms with van der Waals surface area (Å²) in [6, 6.07) is 22.9. The molecule has 3 aromatic carbocycles. The van der Waals surface area contributed by atoms with Gasteiger partial charge in [-0.25, -0.2) is 8.42 Å². The number of nitrogens with one attached hydrogen (secondary N) is 1. The maximum Gasteiger partial charge on any atom is 0.243 e. The summed E-state index contributed by atoms with van der Waals surface area (Å²) < 4.78 is 27.6. The lowest BCUT2D eigenvalue weighted by atomic mass is 10.0. The normalized spacial score (nSPS) is 12.4. The molecule has 0 heterocycles. The Morgan fingerprint density at radius 1 is 0.872 bits per heavy atom. The summed E-state index contributed by atoms with van der Waals surface area (Å²) in [6.07, 6.45) is 0.302. The maximum atomic E-state index is 13.9. The molecule has 3 aromatic rings. The third kappa shape index (κ3) is 8.25. The van der Waals surface area contributed by atoms with Crippen molar-refractivity contribution in [1.82, 2.24) is 14.5 Å². The van der Waals surface area contributed by atoms with Crippen LogP contribution in [-0.2, 0) is 32.6 Å². The third-order valence-electron chi connectivity index (χ3n) is 6.64. The Kier molecular flexibility index (Phi) is 10.4. The van der Waals surface area contributed by atoms with Gasteiger partial charge in [-0.2, -0.15) is 4.31 Å². The van der Waals surface area contributed by atoms with Gasteiger partial charge in [0.1, 0.15) is 6.04 Å². The van der Waals surface area contributed by atoms with Gasteiger partial charge in [0.2, 0.25) is 21.8 Å². The first-order valence-electron chi connectivity index (χ1n) is 13.2. The lowest BCUT2D eigenvalue weighted by Crippen LogP contribution is -2.53. The Morgan fingerprint density at radius 3 is 2.10 bits per heavy atom. The first-order chi connectivity index (χ1) is 18.5. The third-order valence-corrected chi connectivity index (χ3v) is 8.46. The van der Waals surface area contributed by atoms with E-state index in [2.05, 4.69) is 5.32 Å². The fraction of sp³-hybridized carbons (Fsp3) is 0.355. The van der Waals surface area contributed by atoms with E-state index in [1.54, 1.807) is 12.1 Å². The van der Waals surface area contributed by atoms with Crippen molar-refractivity contribution in [2.75, 3.05) is 20.1 Å². The molecule has 0 bridgehead atoms. The van der Waals surface area contributed by atoms with Crippen LogP contribution in [0.25, 0.3) is 0 Å². The molecule has 1 atom stereocenters. The zero-order valence-corrected chi connectivity index (χ0v) is 24.2. The predicted molar refractivity (Wildman–Crippen MR) is 155 cm³/mol. The molecule has 2 amide bonds. The molecule has 0 fully saturated rings. The van der Waals surface area contributed by atoms with Crippen LogP contribution in [0.15, 0.2) is 83.8 Å². The van der Waals surface area contributed by atoms with Crippen molar-refractivity contribution in [1.29, 1.82) is 0 Å². The van der Waals surface area contributed by atoms with Crippen LogP contribution in [0.4, 0.5) is 0 Å². The lowest BCUT2D eigenvalue weighted by molar-refractivity contribution is -0.141. The van der Waals surface area contributed by atoms with Gasteiger partial charge in [-0.3, -0.25) is 9.59 Å². The van der Waals surface area contributed by atoms with E-state index in [1.165, 1.54) is 24.1 Å². The van der Waals surface area contributed by atoms with E-state index >= 15 is 0 Å². The van der Waals surface area contributed by atoms with E-state index in [1.807, 2.05) is 82.3 Å². The van der Waals surface area contributed by atoms with Crippen molar-refractivity contribution in [3.05, 3.63) is 101 Å². The molecule has 8 heteroatoms. The summed E-state index contributed by atoms with van der Waals surface area (Å²) in [5.74, 6) is -0.478. The molecule has 0 aliphatic heterocycles. The molecule has 0 aliphatic carbocycles. The zero-order valence-electron chi connectivity index (χ0n) is 23.4. The molecule has 0 saturated heterocycles. The number of sulfonamides is 1. The number of hydrogen-bond acceptors (Lipinski definition) is 4. The Morgan fingerprint density at radius 2 is 1.49 bits per heavy atom. The molecule has 0 aromatic heterocycles. The summed E-state index contributed by atoms with van der Waals surface area (Å²) >= 11 is 0. The molecule has 39 heavy (non-hydrogen) atoms. The predicted octanol–water partition coefficient (Wildman–Crippen LogP) is 4.34. The zero-order chi connectivity index (χ0) is 28.6. The molecule has 0 unspecified atom stereocenters. The molecular weight excluding hydrogens is 510 g/mol. The van der Waals surface area contributed by atoms with Crippen LogP contribution in [0.3, 0.4) is 0 Å². The smallest absolute Gasteiger partial charge is 0.243 e. The van der Waals surface area contributed by atoms with Gasteiger partial charge in [0.15, 0.2) is 0 Å². The Hall–Kier alpha value is -3.49. The molecule has 7 nitrogen and oxygen atoms in total. The molecule has 0 aliphatic rings. The second-order valence-corrected chi connectivity index (χ2v) is 12.4. The lowest BCUT2D eigenvalue weighted by Gasteiger charge is -2.33. The highest BCUT2D eigenvalue weighted by Gasteiger charge is 2.33. The van der Waals surface area contributed by atoms with Crippen LogP contribution >= 0.6 is 0 Å². The SMILES string of the molecule is Cc1ccc(S(=O)(=O)N(C)CC(=O)N(Cc2ccccc2C)[C@@H](Cc2ccccc2)C(=O)NCC(C)C)cc1. The highest BCUT2D eigenvalue weighted by atomic mass is 32.2. The molecule has 3 rings (SSSR count). The number of carbonyl (C=O) groups is 2. The molecule has 0 saturated carbocycles. The summed E-state index contributed by atoms with van der Waals surface area (Å²) in [4.78, 5) is 29.1. The van der Waals surface area contributed by atoms with Crippen molar-refractivity contribution in [3.63, 3.8) is 0 Å². The minimum atomic E-state index is -3.91. The molecule has 1 N–H and O–H groups in total. The van der Waals surface area contributed by atoms with Crippen LogP contribution in [0.2, 0.25) is 0 Å². The van der Waals surface area contributed by atoms with Gasteiger partial charge in [0.05, 0.1) is 11.4 Å². The molecular formula is C31H39N3O4S. The van der Waals surface area contributed by atoms with Gasteiger partial charge in [0, 0.05) is 26.6 Å².